The highest BCUT2D eigenvalue weighted by Crippen LogP contribution is 2.21. The van der Waals surface area contributed by atoms with Crippen LogP contribution in [0.2, 0.25) is 10.0 Å². The van der Waals surface area contributed by atoms with Crippen LogP contribution in [-0.4, -0.2) is 14.8 Å². The Balaban J connectivity index is 2.60. The number of hydrogen-bond donors (Lipinski definition) is 0. The van der Waals surface area contributed by atoms with E-state index in [4.69, 9.17) is 23.2 Å². The van der Waals surface area contributed by atoms with E-state index in [1.165, 1.54) is 0 Å². The first-order chi connectivity index (χ1) is 7.49. The summed E-state index contributed by atoms with van der Waals surface area (Å²) in [5.41, 5.74) is 2.54. The molecule has 84 valence electrons. The minimum absolute atomic E-state index is 0.633. The molecule has 5 heteroatoms. The van der Waals surface area contributed by atoms with E-state index >= 15 is 0 Å². The SMILES string of the molecule is Cc1cc(Cl)c(C)nc1-n1cc(Cl)c(C)n1. The Bertz CT molecular complexity index is 527. The molecule has 2 aromatic heterocycles. The molecule has 0 aliphatic rings. The standard InChI is InChI=1S/C11H11Cl2N3/c1-6-4-9(12)7(2)14-11(6)16-5-10(13)8(3)15-16/h4-5H,1-3H3. The lowest BCUT2D eigenvalue weighted by atomic mass is 10.2. The maximum Gasteiger partial charge on any atom is 0.156 e. The zero-order valence-electron chi connectivity index (χ0n) is 9.25. The number of pyridine rings is 1. The Morgan fingerprint density at radius 3 is 2.31 bits per heavy atom. The van der Waals surface area contributed by atoms with Gasteiger partial charge in [0.1, 0.15) is 0 Å². The van der Waals surface area contributed by atoms with Crippen molar-refractivity contribution >= 4 is 23.2 Å². The Labute approximate surface area is 104 Å². The van der Waals surface area contributed by atoms with Gasteiger partial charge in [0.2, 0.25) is 0 Å². The van der Waals surface area contributed by atoms with Crippen LogP contribution in [0.3, 0.4) is 0 Å². The van der Waals surface area contributed by atoms with Gasteiger partial charge in [0.15, 0.2) is 5.82 Å². The topological polar surface area (TPSA) is 30.7 Å². The van der Waals surface area contributed by atoms with Gasteiger partial charge in [-0.25, -0.2) is 9.67 Å². The number of hydrogen-bond acceptors (Lipinski definition) is 2. The van der Waals surface area contributed by atoms with Crippen LogP contribution in [0.4, 0.5) is 0 Å². The Morgan fingerprint density at radius 1 is 1.06 bits per heavy atom. The molecule has 0 aliphatic carbocycles. The highest BCUT2D eigenvalue weighted by Gasteiger charge is 2.09. The number of aryl methyl sites for hydroxylation is 3. The van der Waals surface area contributed by atoms with Crippen LogP contribution >= 0.6 is 23.2 Å². The van der Waals surface area contributed by atoms with E-state index in [1.54, 1.807) is 10.9 Å². The fourth-order valence-electron chi connectivity index (χ4n) is 1.44. The highest BCUT2D eigenvalue weighted by atomic mass is 35.5. The van der Waals surface area contributed by atoms with E-state index in [0.717, 1.165) is 22.8 Å². The second kappa shape index (κ2) is 4.07. The van der Waals surface area contributed by atoms with Crippen molar-refractivity contribution in [2.24, 2.45) is 0 Å². The van der Waals surface area contributed by atoms with Crippen molar-refractivity contribution in [2.75, 3.05) is 0 Å². The average molecular weight is 256 g/mol. The maximum absolute atomic E-state index is 5.99. The van der Waals surface area contributed by atoms with Gasteiger partial charge in [-0.2, -0.15) is 5.10 Å². The molecule has 0 bridgehead atoms. The molecule has 2 aromatic rings. The molecular weight excluding hydrogens is 245 g/mol. The summed E-state index contributed by atoms with van der Waals surface area (Å²) in [6.07, 6.45) is 1.75. The lowest BCUT2D eigenvalue weighted by molar-refractivity contribution is 0.819. The van der Waals surface area contributed by atoms with Crippen LogP contribution in [0.1, 0.15) is 17.0 Å². The van der Waals surface area contributed by atoms with Crippen molar-refractivity contribution in [2.45, 2.75) is 20.8 Å². The van der Waals surface area contributed by atoms with Gasteiger partial charge in [-0.05, 0) is 32.4 Å². The molecular formula is C11H11Cl2N3. The molecule has 0 aliphatic heterocycles. The molecule has 16 heavy (non-hydrogen) atoms. The highest BCUT2D eigenvalue weighted by molar-refractivity contribution is 6.31. The third-order valence-electron chi connectivity index (χ3n) is 2.37. The van der Waals surface area contributed by atoms with Crippen LogP contribution in [0, 0.1) is 20.8 Å². The largest absolute Gasteiger partial charge is 0.232 e. The van der Waals surface area contributed by atoms with Crippen molar-refractivity contribution in [3.63, 3.8) is 0 Å². The van der Waals surface area contributed by atoms with Gasteiger partial charge >= 0.3 is 0 Å². The number of rotatable bonds is 1. The lowest BCUT2D eigenvalue weighted by Crippen LogP contribution is -2.03. The Morgan fingerprint density at radius 2 is 1.75 bits per heavy atom. The van der Waals surface area contributed by atoms with Gasteiger partial charge in [0.05, 0.1) is 27.6 Å². The van der Waals surface area contributed by atoms with Gasteiger partial charge in [0, 0.05) is 0 Å². The van der Waals surface area contributed by atoms with Crippen LogP contribution in [0.15, 0.2) is 12.3 Å². The van der Waals surface area contributed by atoms with E-state index in [9.17, 15) is 0 Å². The van der Waals surface area contributed by atoms with Gasteiger partial charge < -0.3 is 0 Å². The number of aromatic nitrogens is 3. The summed E-state index contributed by atoms with van der Waals surface area (Å²) in [6.45, 7) is 5.67. The summed E-state index contributed by atoms with van der Waals surface area (Å²) in [4.78, 5) is 4.41. The first-order valence-electron chi connectivity index (χ1n) is 4.85. The first-order valence-corrected chi connectivity index (χ1v) is 5.60. The third kappa shape index (κ3) is 1.93. The molecule has 0 radical (unpaired) electrons. The Hall–Kier alpha value is -1.06. The minimum atomic E-state index is 0.633. The summed E-state index contributed by atoms with van der Waals surface area (Å²) in [5, 5.41) is 5.59. The summed E-state index contributed by atoms with van der Waals surface area (Å²) >= 11 is 12.0. The van der Waals surface area contributed by atoms with Gasteiger partial charge in [-0.1, -0.05) is 23.2 Å². The fraction of sp³-hybridized carbons (Fsp3) is 0.273. The first kappa shape index (κ1) is 11.4. The van der Waals surface area contributed by atoms with Crippen molar-refractivity contribution in [1.82, 2.24) is 14.8 Å². The van der Waals surface area contributed by atoms with Crippen LogP contribution in [0.5, 0.6) is 0 Å². The maximum atomic E-state index is 5.99. The summed E-state index contributed by atoms with van der Waals surface area (Å²) in [7, 11) is 0. The summed E-state index contributed by atoms with van der Waals surface area (Å²) in [5.74, 6) is 0.761. The predicted octanol–water partition coefficient (Wildman–Crippen LogP) is 3.50. The fourth-order valence-corrected chi connectivity index (χ4v) is 1.78. The average Bonchev–Trinajstić information content (AvgIpc) is 2.53. The quantitative estimate of drug-likeness (QED) is 0.781. The molecule has 0 atom stereocenters. The van der Waals surface area contributed by atoms with Crippen molar-refractivity contribution < 1.29 is 0 Å². The third-order valence-corrected chi connectivity index (χ3v) is 3.12. The molecule has 0 saturated heterocycles. The van der Waals surface area contributed by atoms with Crippen molar-refractivity contribution in [3.8, 4) is 5.82 Å². The minimum Gasteiger partial charge on any atom is -0.232 e. The molecule has 0 amide bonds. The van der Waals surface area contributed by atoms with E-state index in [0.29, 0.717) is 10.0 Å². The molecule has 0 saturated carbocycles. The zero-order chi connectivity index (χ0) is 11.9. The van der Waals surface area contributed by atoms with Crippen molar-refractivity contribution in [1.29, 1.82) is 0 Å². The molecule has 3 nitrogen and oxygen atoms in total. The Kier molecular flexibility index (Phi) is 2.91. The number of halogens is 2. The molecule has 0 fully saturated rings. The van der Waals surface area contributed by atoms with E-state index in [-0.39, 0.29) is 0 Å². The number of nitrogens with zero attached hydrogens (tertiary/aromatic N) is 3. The van der Waals surface area contributed by atoms with E-state index in [2.05, 4.69) is 10.1 Å². The molecule has 0 aromatic carbocycles. The van der Waals surface area contributed by atoms with E-state index in [1.807, 2.05) is 26.8 Å². The van der Waals surface area contributed by atoms with Crippen LogP contribution < -0.4 is 0 Å². The van der Waals surface area contributed by atoms with E-state index < -0.39 is 0 Å². The molecule has 0 spiro atoms. The zero-order valence-corrected chi connectivity index (χ0v) is 10.8. The second-order valence-corrected chi connectivity index (χ2v) is 4.52. The van der Waals surface area contributed by atoms with Crippen LogP contribution in [0.25, 0.3) is 5.82 Å². The van der Waals surface area contributed by atoms with Gasteiger partial charge in [-0.3, -0.25) is 0 Å². The second-order valence-electron chi connectivity index (χ2n) is 3.70. The normalized spacial score (nSPS) is 10.8. The molecule has 0 N–H and O–H groups in total. The molecule has 2 heterocycles. The summed E-state index contributed by atoms with van der Waals surface area (Å²) in [6, 6.07) is 1.88. The monoisotopic (exact) mass is 255 g/mol. The van der Waals surface area contributed by atoms with Gasteiger partial charge in [-0.15, -0.1) is 0 Å². The molecule has 0 unspecified atom stereocenters. The molecule has 2 rings (SSSR count). The smallest absolute Gasteiger partial charge is 0.156 e. The lowest BCUT2D eigenvalue weighted by Gasteiger charge is -2.07. The van der Waals surface area contributed by atoms with Crippen molar-refractivity contribution in [3.05, 3.63) is 39.3 Å². The summed E-state index contributed by atoms with van der Waals surface area (Å²) < 4.78 is 1.68. The van der Waals surface area contributed by atoms with Crippen LogP contribution in [-0.2, 0) is 0 Å². The predicted molar refractivity (Wildman–Crippen MR) is 65.6 cm³/mol. The van der Waals surface area contributed by atoms with Gasteiger partial charge in [0.25, 0.3) is 0 Å².